The molecule has 108 valence electrons. The first kappa shape index (κ1) is 14.5. The number of halogens is 1. The van der Waals surface area contributed by atoms with Crippen LogP contribution in [-0.4, -0.2) is 35.6 Å². The van der Waals surface area contributed by atoms with Crippen LogP contribution in [-0.2, 0) is 0 Å². The molecular weight excluding hydrogens is 284 g/mol. The molecule has 1 saturated heterocycles. The average molecular weight is 299 g/mol. The van der Waals surface area contributed by atoms with Crippen LogP contribution in [0.5, 0.6) is 0 Å². The quantitative estimate of drug-likeness (QED) is 0.674. The number of nitro groups is 1. The molecule has 0 aliphatic carbocycles. The van der Waals surface area contributed by atoms with E-state index >= 15 is 0 Å². The first-order valence-corrected chi connectivity index (χ1v) is 6.17. The van der Waals surface area contributed by atoms with E-state index in [4.69, 9.17) is 4.42 Å². The zero-order chi connectivity index (χ0) is 13.4. The Hall–Kier alpha value is -1.86. The van der Waals surface area contributed by atoms with Gasteiger partial charge in [0.05, 0.1) is 4.92 Å². The molecule has 0 radical (unpaired) electrons. The minimum atomic E-state index is -0.429. The van der Waals surface area contributed by atoms with Gasteiger partial charge in [0.1, 0.15) is 5.52 Å². The molecule has 8 heteroatoms. The lowest BCUT2D eigenvalue weighted by Gasteiger charge is -2.32. The van der Waals surface area contributed by atoms with Gasteiger partial charge in [0.25, 0.3) is 11.7 Å². The first-order chi connectivity index (χ1) is 9.15. The molecule has 0 saturated carbocycles. The number of benzene rings is 1. The zero-order valence-corrected chi connectivity index (χ0v) is 11.7. The lowest BCUT2D eigenvalue weighted by molar-refractivity contribution is -0.384. The molecule has 1 unspecified atom stereocenters. The van der Waals surface area contributed by atoms with Gasteiger partial charge in [0.15, 0.2) is 5.58 Å². The highest BCUT2D eigenvalue weighted by atomic mass is 35.5. The van der Waals surface area contributed by atoms with Gasteiger partial charge >= 0.3 is 0 Å². The highest BCUT2D eigenvalue weighted by Gasteiger charge is 2.23. The van der Waals surface area contributed by atoms with Crippen molar-refractivity contribution in [2.75, 3.05) is 24.5 Å². The van der Waals surface area contributed by atoms with Crippen LogP contribution < -0.4 is 10.2 Å². The maximum absolute atomic E-state index is 10.7. The standard InChI is InChI=1S/C12H14N4O3.ClH/c1-8-7-13-4-5-15(8)12-14-10-6-9(16(17)18)2-3-11(10)19-12;/h2-3,6,8,13H,4-5,7H2,1H3;1H. The third-order valence-corrected chi connectivity index (χ3v) is 3.32. The van der Waals surface area contributed by atoms with Crippen molar-refractivity contribution < 1.29 is 9.34 Å². The number of oxazole rings is 1. The highest BCUT2D eigenvalue weighted by molar-refractivity contribution is 5.85. The molecule has 3 rings (SSSR count). The Balaban J connectivity index is 0.00000147. The molecule has 7 nitrogen and oxygen atoms in total. The Kier molecular flexibility index (Phi) is 4.10. The van der Waals surface area contributed by atoms with E-state index in [-0.39, 0.29) is 24.1 Å². The molecular formula is C12H15ClN4O3. The number of hydrogen-bond donors (Lipinski definition) is 1. The summed E-state index contributed by atoms with van der Waals surface area (Å²) in [5, 5.41) is 14.0. The van der Waals surface area contributed by atoms with Crippen LogP contribution in [0.4, 0.5) is 11.7 Å². The zero-order valence-electron chi connectivity index (χ0n) is 10.9. The number of fused-ring (bicyclic) bond motifs is 1. The van der Waals surface area contributed by atoms with E-state index < -0.39 is 4.92 Å². The van der Waals surface area contributed by atoms with Gasteiger partial charge in [-0.15, -0.1) is 12.4 Å². The molecule has 2 heterocycles. The molecule has 2 aromatic rings. The predicted octanol–water partition coefficient (Wildman–Crippen LogP) is 1.96. The van der Waals surface area contributed by atoms with Crippen molar-refractivity contribution in [1.82, 2.24) is 10.3 Å². The van der Waals surface area contributed by atoms with Crippen molar-refractivity contribution in [3.63, 3.8) is 0 Å². The third kappa shape index (κ3) is 2.54. The van der Waals surface area contributed by atoms with Gasteiger partial charge in [0.2, 0.25) is 0 Å². The number of piperazine rings is 1. The van der Waals surface area contributed by atoms with Crippen LogP contribution in [0.1, 0.15) is 6.92 Å². The fourth-order valence-corrected chi connectivity index (χ4v) is 2.27. The Labute approximate surface area is 121 Å². The van der Waals surface area contributed by atoms with Crippen molar-refractivity contribution in [2.24, 2.45) is 0 Å². The topological polar surface area (TPSA) is 84.4 Å². The lowest BCUT2D eigenvalue weighted by atomic mass is 10.2. The Morgan fingerprint density at radius 2 is 2.35 bits per heavy atom. The van der Waals surface area contributed by atoms with Crippen LogP contribution in [0.3, 0.4) is 0 Å². The monoisotopic (exact) mass is 298 g/mol. The van der Waals surface area contributed by atoms with Crippen LogP contribution in [0.2, 0.25) is 0 Å². The van der Waals surface area contributed by atoms with Crippen LogP contribution in [0.25, 0.3) is 11.1 Å². The van der Waals surface area contributed by atoms with Gasteiger partial charge < -0.3 is 14.6 Å². The summed E-state index contributed by atoms with van der Waals surface area (Å²) in [4.78, 5) is 16.7. The Bertz CT molecular complexity index is 630. The molecule has 1 aliphatic heterocycles. The minimum Gasteiger partial charge on any atom is -0.423 e. The van der Waals surface area contributed by atoms with Crippen molar-refractivity contribution >= 4 is 35.2 Å². The second kappa shape index (κ2) is 5.64. The molecule has 1 aliphatic rings. The van der Waals surface area contributed by atoms with Crippen molar-refractivity contribution in [1.29, 1.82) is 0 Å². The largest absolute Gasteiger partial charge is 0.423 e. The summed E-state index contributed by atoms with van der Waals surface area (Å²) < 4.78 is 5.68. The van der Waals surface area contributed by atoms with E-state index in [0.717, 1.165) is 19.6 Å². The van der Waals surface area contributed by atoms with Crippen molar-refractivity contribution in [3.8, 4) is 0 Å². The number of nitrogens with zero attached hydrogens (tertiary/aromatic N) is 3. The van der Waals surface area contributed by atoms with E-state index in [1.165, 1.54) is 12.1 Å². The predicted molar refractivity (Wildman–Crippen MR) is 77.6 cm³/mol. The van der Waals surface area contributed by atoms with Crippen molar-refractivity contribution in [2.45, 2.75) is 13.0 Å². The van der Waals surface area contributed by atoms with Crippen LogP contribution >= 0.6 is 12.4 Å². The summed E-state index contributed by atoms with van der Waals surface area (Å²) >= 11 is 0. The molecule has 1 fully saturated rings. The summed E-state index contributed by atoms with van der Waals surface area (Å²) in [6, 6.07) is 5.28. The SMILES string of the molecule is CC1CNCCN1c1nc2cc([N+](=O)[O-])ccc2o1.Cl. The van der Waals surface area contributed by atoms with Gasteiger partial charge in [-0.25, -0.2) is 0 Å². The van der Waals surface area contributed by atoms with Gasteiger partial charge in [-0.2, -0.15) is 4.98 Å². The second-order valence-corrected chi connectivity index (χ2v) is 4.65. The van der Waals surface area contributed by atoms with Gasteiger partial charge in [0, 0.05) is 37.8 Å². The molecule has 0 bridgehead atoms. The molecule has 1 aromatic carbocycles. The molecule has 1 N–H and O–H groups in total. The number of aromatic nitrogens is 1. The highest BCUT2D eigenvalue weighted by Crippen LogP contribution is 2.26. The lowest BCUT2D eigenvalue weighted by Crippen LogP contribution is -2.50. The number of rotatable bonds is 2. The fraction of sp³-hybridized carbons (Fsp3) is 0.417. The summed E-state index contributed by atoms with van der Waals surface area (Å²) in [6.07, 6.45) is 0. The Morgan fingerprint density at radius 1 is 1.55 bits per heavy atom. The van der Waals surface area contributed by atoms with E-state index in [2.05, 4.69) is 22.1 Å². The summed E-state index contributed by atoms with van der Waals surface area (Å²) in [6.45, 7) is 4.65. The minimum absolute atomic E-state index is 0. The first-order valence-electron chi connectivity index (χ1n) is 6.17. The maximum Gasteiger partial charge on any atom is 0.298 e. The molecule has 0 spiro atoms. The molecule has 1 aromatic heterocycles. The van der Waals surface area contributed by atoms with Gasteiger partial charge in [-0.1, -0.05) is 0 Å². The van der Waals surface area contributed by atoms with Crippen molar-refractivity contribution in [3.05, 3.63) is 28.3 Å². The van der Waals surface area contributed by atoms with Crippen LogP contribution in [0.15, 0.2) is 22.6 Å². The second-order valence-electron chi connectivity index (χ2n) is 4.65. The molecule has 20 heavy (non-hydrogen) atoms. The van der Waals surface area contributed by atoms with E-state index in [0.29, 0.717) is 17.1 Å². The smallest absolute Gasteiger partial charge is 0.298 e. The Morgan fingerprint density at radius 3 is 3.05 bits per heavy atom. The van der Waals surface area contributed by atoms with E-state index in [1.54, 1.807) is 6.07 Å². The fourth-order valence-electron chi connectivity index (χ4n) is 2.27. The third-order valence-electron chi connectivity index (χ3n) is 3.32. The molecule has 1 atom stereocenters. The number of nitro benzene ring substituents is 1. The number of non-ortho nitro benzene ring substituents is 1. The van der Waals surface area contributed by atoms with E-state index in [9.17, 15) is 10.1 Å². The van der Waals surface area contributed by atoms with Gasteiger partial charge in [-0.3, -0.25) is 10.1 Å². The van der Waals surface area contributed by atoms with Crippen LogP contribution in [0, 0.1) is 10.1 Å². The maximum atomic E-state index is 10.7. The normalized spacial score (nSPS) is 18.9. The summed E-state index contributed by atoms with van der Waals surface area (Å²) in [5.41, 5.74) is 1.13. The average Bonchev–Trinajstić information content (AvgIpc) is 2.81. The molecule has 0 amide bonds. The number of hydrogen-bond acceptors (Lipinski definition) is 6. The van der Waals surface area contributed by atoms with Gasteiger partial charge in [-0.05, 0) is 13.0 Å². The number of anilines is 1. The summed E-state index contributed by atoms with van der Waals surface area (Å²) in [7, 11) is 0. The van der Waals surface area contributed by atoms with E-state index in [1.807, 2.05) is 0 Å². The summed E-state index contributed by atoms with van der Waals surface area (Å²) in [5.74, 6) is 0. The number of nitrogens with one attached hydrogen (secondary N) is 1.